The van der Waals surface area contributed by atoms with E-state index in [0.717, 1.165) is 6.54 Å². The molecule has 1 aliphatic heterocycles. The molecule has 0 spiro atoms. The molecular weight excluding hydrogens is 180 g/mol. The van der Waals surface area contributed by atoms with Crippen molar-refractivity contribution in [2.24, 2.45) is 5.14 Å². The van der Waals surface area contributed by atoms with Gasteiger partial charge in [0.25, 0.3) is 0 Å². The smallest absolute Gasteiger partial charge is 0.214 e. The van der Waals surface area contributed by atoms with Gasteiger partial charge >= 0.3 is 0 Å². The topological polar surface area (TPSA) is 72.6 Å². The van der Waals surface area contributed by atoms with Crippen LogP contribution in [0.2, 0.25) is 0 Å². The number of methoxy groups -OCH3 is 1. The first-order chi connectivity index (χ1) is 5.54. The van der Waals surface area contributed by atoms with Crippen molar-refractivity contribution in [3.63, 3.8) is 0 Å². The van der Waals surface area contributed by atoms with Crippen molar-refractivity contribution < 1.29 is 13.2 Å². The summed E-state index contributed by atoms with van der Waals surface area (Å²) in [7, 11) is -1.68. The summed E-state index contributed by atoms with van der Waals surface area (Å²) in [5.41, 5.74) is 0. The second-order valence-corrected chi connectivity index (χ2v) is 4.81. The molecule has 5 nitrogen and oxygen atoms in total. The third kappa shape index (κ3) is 2.41. The van der Waals surface area contributed by atoms with Crippen LogP contribution in [0.3, 0.4) is 0 Å². The zero-order chi connectivity index (χ0) is 9.19. The van der Waals surface area contributed by atoms with Crippen molar-refractivity contribution in [1.29, 1.82) is 0 Å². The van der Waals surface area contributed by atoms with Crippen molar-refractivity contribution >= 4 is 10.0 Å². The number of nitrogens with zero attached hydrogens (tertiary/aromatic N) is 1. The normalized spacial score (nSPS) is 20.8. The maximum absolute atomic E-state index is 10.8. The van der Waals surface area contributed by atoms with E-state index < -0.39 is 10.0 Å². The average Bonchev–Trinajstić information content (AvgIpc) is 1.81. The Balaban J connectivity index is 2.20. The van der Waals surface area contributed by atoms with Gasteiger partial charge in [-0.25, -0.2) is 13.6 Å². The molecule has 0 aromatic carbocycles. The number of hydrogen-bond acceptors (Lipinski definition) is 4. The number of ether oxygens (including phenoxy) is 1. The third-order valence-electron chi connectivity index (χ3n) is 2.00. The Morgan fingerprint density at radius 2 is 2.17 bits per heavy atom. The lowest BCUT2D eigenvalue weighted by Gasteiger charge is -2.37. The molecule has 0 aromatic heterocycles. The fourth-order valence-corrected chi connectivity index (χ4v) is 1.97. The second-order valence-electron chi connectivity index (χ2n) is 2.96. The number of primary sulfonamides is 1. The lowest BCUT2D eigenvalue weighted by atomic mass is 10.2. The Bertz CT molecular complexity index is 233. The van der Waals surface area contributed by atoms with Crippen molar-refractivity contribution in [2.75, 3.05) is 33.4 Å². The summed E-state index contributed by atoms with van der Waals surface area (Å²) < 4.78 is 26.4. The molecule has 0 aliphatic carbocycles. The molecule has 1 heterocycles. The summed E-state index contributed by atoms with van der Waals surface area (Å²) in [5, 5.41) is 4.58. The molecule has 72 valence electrons. The fourth-order valence-electron chi connectivity index (χ4n) is 1.13. The molecule has 0 saturated carbocycles. The van der Waals surface area contributed by atoms with E-state index in [-0.39, 0.29) is 5.25 Å². The van der Waals surface area contributed by atoms with Gasteiger partial charge in [-0.1, -0.05) is 0 Å². The number of rotatable bonds is 4. The number of likely N-dealkylation sites (tertiary alicyclic amines) is 1. The molecule has 6 heteroatoms. The number of hydrogen-bond donors (Lipinski definition) is 1. The Morgan fingerprint density at radius 1 is 1.58 bits per heavy atom. The van der Waals surface area contributed by atoms with E-state index in [4.69, 9.17) is 9.88 Å². The Labute approximate surface area is 72.5 Å². The van der Waals surface area contributed by atoms with Gasteiger partial charge in [-0.3, -0.25) is 4.90 Å². The highest BCUT2D eigenvalue weighted by atomic mass is 32.2. The molecule has 0 amide bonds. The summed E-state index contributed by atoms with van der Waals surface area (Å²) in [6.45, 7) is 2.50. The van der Waals surface area contributed by atoms with Gasteiger partial charge in [-0.15, -0.1) is 0 Å². The summed E-state index contributed by atoms with van der Waals surface area (Å²) in [5.74, 6) is 0. The van der Waals surface area contributed by atoms with E-state index >= 15 is 0 Å². The van der Waals surface area contributed by atoms with Crippen LogP contribution in [0, 0.1) is 0 Å². The van der Waals surface area contributed by atoms with Gasteiger partial charge in [0.2, 0.25) is 10.0 Å². The van der Waals surface area contributed by atoms with Crippen LogP contribution in [-0.2, 0) is 14.8 Å². The third-order valence-corrected chi connectivity index (χ3v) is 3.23. The molecule has 0 aromatic rings. The molecule has 0 bridgehead atoms. The van der Waals surface area contributed by atoms with Crippen LogP contribution < -0.4 is 5.14 Å². The highest BCUT2D eigenvalue weighted by Gasteiger charge is 2.34. The van der Waals surface area contributed by atoms with Crippen LogP contribution in [0.15, 0.2) is 0 Å². The molecule has 1 aliphatic rings. The van der Waals surface area contributed by atoms with Crippen molar-refractivity contribution in [2.45, 2.75) is 5.25 Å². The lowest BCUT2D eigenvalue weighted by Crippen LogP contribution is -2.57. The molecule has 1 saturated heterocycles. The van der Waals surface area contributed by atoms with E-state index in [2.05, 4.69) is 0 Å². The SMILES string of the molecule is COCCN1CC(S(N)(=O)=O)C1. The van der Waals surface area contributed by atoms with Gasteiger partial charge in [0.15, 0.2) is 0 Å². The van der Waals surface area contributed by atoms with Crippen molar-refractivity contribution in [3.8, 4) is 0 Å². The molecule has 1 fully saturated rings. The predicted molar refractivity (Wildman–Crippen MR) is 45.2 cm³/mol. The summed E-state index contributed by atoms with van der Waals surface area (Å²) >= 11 is 0. The predicted octanol–water partition coefficient (Wildman–Crippen LogP) is -1.39. The van der Waals surface area contributed by atoms with E-state index in [1.165, 1.54) is 0 Å². The first-order valence-corrected chi connectivity index (χ1v) is 5.38. The highest BCUT2D eigenvalue weighted by Crippen LogP contribution is 2.12. The van der Waals surface area contributed by atoms with Crippen molar-refractivity contribution in [3.05, 3.63) is 0 Å². The van der Waals surface area contributed by atoms with E-state index in [0.29, 0.717) is 19.7 Å². The zero-order valence-corrected chi connectivity index (χ0v) is 7.88. The Hall–Kier alpha value is -0.170. The minimum atomic E-state index is -3.31. The highest BCUT2D eigenvalue weighted by molar-refractivity contribution is 7.89. The van der Waals surface area contributed by atoms with E-state index in [1.54, 1.807) is 7.11 Å². The Kier molecular flexibility index (Phi) is 3.05. The number of sulfonamides is 1. The summed E-state index contributed by atoms with van der Waals surface area (Å²) in [4.78, 5) is 2.00. The van der Waals surface area contributed by atoms with Crippen LogP contribution in [0.5, 0.6) is 0 Å². The van der Waals surface area contributed by atoms with E-state index in [9.17, 15) is 8.42 Å². The van der Waals surface area contributed by atoms with Crippen LogP contribution in [-0.4, -0.2) is 51.9 Å². The molecule has 0 radical (unpaired) electrons. The maximum atomic E-state index is 10.8. The molecule has 1 rings (SSSR count). The van der Waals surface area contributed by atoms with Gasteiger partial charge in [-0.05, 0) is 0 Å². The van der Waals surface area contributed by atoms with Gasteiger partial charge in [0.05, 0.1) is 6.61 Å². The van der Waals surface area contributed by atoms with Gasteiger partial charge in [0, 0.05) is 26.7 Å². The lowest BCUT2D eigenvalue weighted by molar-refractivity contribution is 0.113. The number of nitrogens with two attached hydrogens (primary N) is 1. The molecule has 2 N–H and O–H groups in total. The van der Waals surface area contributed by atoms with Gasteiger partial charge in [0.1, 0.15) is 5.25 Å². The largest absolute Gasteiger partial charge is 0.383 e. The minimum absolute atomic E-state index is 0.366. The Morgan fingerprint density at radius 3 is 2.58 bits per heavy atom. The van der Waals surface area contributed by atoms with Crippen LogP contribution in [0.4, 0.5) is 0 Å². The second kappa shape index (κ2) is 3.69. The summed E-state index contributed by atoms with van der Waals surface area (Å²) in [6.07, 6.45) is 0. The van der Waals surface area contributed by atoms with Gasteiger partial charge in [-0.2, -0.15) is 0 Å². The first kappa shape index (κ1) is 9.91. The zero-order valence-electron chi connectivity index (χ0n) is 7.06. The molecular formula is C6H14N2O3S. The molecule has 0 atom stereocenters. The molecule has 12 heavy (non-hydrogen) atoms. The quantitative estimate of drug-likeness (QED) is 0.598. The minimum Gasteiger partial charge on any atom is -0.383 e. The first-order valence-electron chi connectivity index (χ1n) is 3.77. The van der Waals surface area contributed by atoms with Crippen LogP contribution in [0.25, 0.3) is 0 Å². The van der Waals surface area contributed by atoms with E-state index in [1.807, 2.05) is 4.90 Å². The van der Waals surface area contributed by atoms with Gasteiger partial charge < -0.3 is 4.74 Å². The van der Waals surface area contributed by atoms with Crippen LogP contribution in [0.1, 0.15) is 0 Å². The monoisotopic (exact) mass is 194 g/mol. The standard InChI is InChI=1S/C6H14N2O3S/c1-11-3-2-8-4-6(5-8)12(7,9)10/h6H,2-5H2,1H3,(H2,7,9,10). The summed E-state index contributed by atoms with van der Waals surface area (Å²) in [6, 6.07) is 0. The molecule has 0 unspecified atom stereocenters. The van der Waals surface area contributed by atoms with Crippen molar-refractivity contribution in [1.82, 2.24) is 4.90 Å². The fraction of sp³-hybridized carbons (Fsp3) is 1.00. The van der Waals surface area contributed by atoms with Crippen LogP contribution >= 0.6 is 0 Å². The average molecular weight is 194 g/mol. The maximum Gasteiger partial charge on any atom is 0.214 e.